The fourth-order valence-electron chi connectivity index (χ4n) is 3.97. The van der Waals surface area contributed by atoms with E-state index in [9.17, 15) is 9.59 Å². The summed E-state index contributed by atoms with van der Waals surface area (Å²) in [6, 6.07) is 15.5. The Morgan fingerprint density at radius 1 is 1.03 bits per heavy atom. The van der Waals surface area contributed by atoms with E-state index < -0.39 is 5.97 Å². The summed E-state index contributed by atoms with van der Waals surface area (Å²) in [7, 11) is 2.90. The third-order valence-corrected chi connectivity index (χ3v) is 5.79. The highest BCUT2D eigenvalue weighted by Crippen LogP contribution is 2.33. The lowest BCUT2D eigenvalue weighted by Gasteiger charge is -2.10. The molecule has 3 heterocycles. The zero-order valence-electron chi connectivity index (χ0n) is 20.4. The molecule has 2 N–H and O–H groups in total. The van der Waals surface area contributed by atoms with Gasteiger partial charge in [0.2, 0.25) is 5.91 Å². The van der Waals surface area contributed by atoms with E-state index in [-0.39, 0.29) is 18.0 Å². The Kier molecular flexibility index (Phi) is 8.25. The highest BCUT2D eigenvalue weighted by atomic mass is 16.5. The van der Waals surface area contributed by atoms with Gasteiger partial charge in [0.05, 0.1) is 31.3 Å². The number of benzene rings is 1. The van der Waals surface area contributed by atoms with Crippen LogP contribution in [0.25, 0.3) is 11.0 Å². The predicted molar refractivity (Wildman–Crippen MR) is 138 cm³/mol. The highest BCUT2D eigenvalue weighted by Gasteiger charge is 2.26. The molecule has 9 nitrogen and oxygen atoms in total. The Balaban J connectivity index is 1.67. The van der Waals surface area contributed by atoms with Crippen LogP contribution in [0.15, 0.2) is 67.1 Å². The molecule has 186 valence electrons. The van der Waals surface area contributed by atoms with Crippen molar-refractivity contribution >= 4 is 34.3 Å². The molecule has 0 atom stereocenters. The monoisotopic (exact) mass is 487 g/mol. The molecule has 1 aromatic carbocycles. The molecule has 0 saturated heterocycles. The Hall–Kier alpha value is -4.24. The van der Waals surface area contributed by atoms with Gasteiger partial charge in [-0.1, -0.05) is 30.3 Å². The summed E-state index contributed by atoms with van der Waals surface area (Å²) in [6.45, 7) is 1.30. The topological polar surface area (TPSA) is 107 Å². The smallest absolute Gasteiger partial charge is 0.356 e. The number of hydrogen-bond donors (Lipinski definition) is 2. The van der Waals surface area contributed by atoms with Crippen molar-refractivity contribution in [1.29, 1.82) is 0 Å². The first-order valence-corrected chi connectivity index (χ1v) is 11.7. The number of anilines is 2. The number of carbonyl (C=O) groups is 2. The van der Waals surface area contributed by atoms with Crippen molar-refractivity contribution in [3.05, 3.63) is 83.9 Å². The van der Waals surface area contributed by atoms with Crippen LogP contribution < -0.4 is 10.6 Å². The summed E-state index contributed by atoms with van der Waals surface area (Å²) in [5.41, 5.74) is 4.04. The van der Waals surface area contributed by atoms with Crippen molar-refractivity contribution in [3.8, 4) is 0 Å². The van der Waals surface area contributed by atoms with Crippen LogP contribution in [0, 0.1) is 0 Å². The van der Waals surface area contributed by atoms with Gasteiger partial charge in [-0.15, -0.1) is 0 Å². The molecule has 0 unspecified atom stereocenters. The minimum absolute atomic E-state index is 0.204. The second kappa shape index (κ2) is 11.9. The van der Waals surface area contributed by atoms with Gasteiger partial charge in [0.25, 0.3) is 0 Å². The zero-order valence-corrected chi connectivity index (χ0v) is 20.4. The molecule has 0 fully saturated rings. The number of ether oxygens (including phenoxy) is 2. The number of pyridine rings is 2. The number of carbonyl (C=O) groups excluding carboxylic acids is 2. The minimum Gasteiger partial charge on any atom is -0.464 e. The Morgan fingerprint density at radius 2 is 1.81 bits per heavy atom. The molecule has 0 spiro atoms. The number of amides is 1. The van der Waals surface area contributed by atoms with Gasteiger partial charge in [0, 0.05) is 44.4 Å². The van der Waals surface area contributed by atoms with Crippen LogP contribution in [0.4, 0.5) is 11.4 Å². The van der Waals surface area contributed by atoms with Gasteiger partial charge in [-0.3, -0.25) is 9.78 Å². The van der Waals surface area contributed by atoms with Crippen LogP contribution in [0.5, 0.6) is 0 Å². The molecule has 9 heteroatoms. The van der Waals surface area contributed by atoms with Crippen LogP contribution in [0.2, 0.25) is 0 Å². The maximum absolute atomic E-state index is 13.0. The average molecular weight is 488 g/mol. The molecule has 3 aromatic heterocycles. The second-order valence-electron chi connectivity index (χ2n) is 8.20. The number of nitrogens with zero attached hydrogens (tertiary/aromatic N) is 3. The predicted octanol–water partition coefficient (Wildman–Crippen LogP) is 4.05. The van der Waals surface area contributed by atoms with Gasteiger partial charge >= 0.3 is 5.97 Å². The third-order valence-electron chi connectivity index (χ3n) is 5.79. The number of esters is 1. The maximum Gasteiger partial charge on any atom is 0.356 e. The summed E-state index contributed by atoms with van der Waals surface area (Å²) in [4.78, 5) is 34.5. The van der Waals surface area contributed by atoms with Crippen LogP contribution in [0.3, 0.4) is 0 Å². The van der Waals surface area contributed by atoms with Crippen molar-refractivity contribution in [2.24, 2.45) is 0 Å². The number of rotatable bonds is 11. The van der Waals surface area contributed by atoms with Gasteiger partial charge in [0.1, 0.15) is 5.65 Å². The quantitative estimate of drug-likeness (QED) is 0.307. The molecule has 0 bridgehead atoms. The molecule has 36 heavy (non-hydrogen) atoms. The van der Waals surface area contributed by atoms with Gasteiger partial charge in [-0.25, -0.2) is 9.78 Å². The number of nitrogens with one attached hydrogen (secondary N) is 2. The molecular weight excluding hydrogens is 458 g/mol. The number of hydrogen-bond acceptors (Lipinski definition) is 7. The standard InChI is InChI=1S/C27H29N5O4/c1-35-15-14-32-25(27(34)36-2)24(31-23(33)9-8-19-6-4-3-5-7-19)22-16-21(18-30-26(22)32)29-17-20-10-12-28-13-11-20/h3-7,10-13,16,18,29H,8-9,14-15,17H2,1-2H3,(H,31,33). The fraction of sp³-hybridized carbons (Fsp3) is 0.259. The van der Waals surface area contributed by atoms with Crippen LogP contribution >= 0.6 is 0 Å². The largest absolute Gasteiger partial charge is 0.464 e. The lowest BCUT2D eigenvalue weighted by Crippen LogP contribution is -2.18. The number of fused-ring (bicyclic) bond motifs is 1. The summed E-state index contributed by atoms with van der Waals surface area (Å²) in [6.07, 6.45) is 6.03. The molecule has 4 aromatic rings. The maximum atomic E-state index is 13.0. The van der Waals surface area contributed by atoms with Crippen LogP contribution in [-0.4, -0.2) is 47.2 Å². The molecular formula is C27H29N5O4. The summed E-state index contributed by atoms with van der Waals surface area (Å²) >= 11 is 0. The van der Waals surface area contributed by atoms with E-state index in [1.807, 2.05) is 48.5 Å². The number of aryl methyl sites for hydroxylation is 1. The van der Waals surface area contributed by atoms with E-state index >= 15 is 0 Å². The molecule has 0 aliphatic carbocycles. The second-order valence-corrected chi connectivity index (χ2v) is 8.20. The SMILES string of the molecule is COCCn1c(C(=O)OC)c(NC(=O)CCc2ccccc2)c2cc(NCc3ccncc3)cnc21. The fourth-order valence-corrected chi connectivity index (χ4v) is 3.97. The Labute approximate surface area is 209 Å². The van der Waals surface area contributed by atoms with Gasteiger partial charge in [-0.05, 0) is 35.7 Å². The molecule has 0 saturated carbocycles. The molecule has 1 amide bonds. The zero-order chi connectivity index (χ0) is 25.3. The van der Waals surface area contributed by atoms with Gasteiger partial charge < -0.3 is 24.7 Å². The lowest BCUT2D eigenvalue weighted by atomic mass is 10.1. The van der Waals surface area contributed by atoms with E-state index in [2.05, 4.69) is 20.6 Å². The highest BCUT2D eigenvalue weighted by molar-refractivity contribution is 6.11. The Bertz CT molecular complexity index is 1320. The van der Waals surface area contributed by atoms with Gasteiger partial charge in [-0.2, -0.15) is 0 Å². The third kappa shape index (κ3) is 5.87. The molecule has 0 radical (unpaired) electrons. The Morgan fingerprint density at radius 3 is 2.53 bits per heavy atom. The lowest BCUT2D eigenvalue weighted by molar-refractivity contribution is -0.116. The van der Waals surface area contributed by atoms with Crippen molar-refractivity contribution in [2.45, 2.75) is 25.9 Å². The number of methoxy groups -OCH3 is 2. The average Bonchev–Trinajstić information content (AvgIpc) is 3.22. The molecule has 4 rings (SSSR count). The van der Waals surface area contributed by atoms with Crippen molar-refractivity contribution in [1.82, 2.24) is 14.5 Å². The van der Waals surface area contributed by atoms with E-state index in [1.165, 1.54) is 7.11 Å². The van der Waals surface area contributed by atoms with E-state index in [1.54, 1.807) is 30.3 Å². The minimum atomic E-state index is -0.561. The first kappa shape index (κ1) is 24.9. The van der Waals surface area contributed by atoms with E-state index in [0.717, 1.165) is 16.8 Å². The summed E-state index contributed by atoms with van der Waals surface area (Å²) in [5, 5.41) is 6.94. The van der Waals surface area contributed by atoms with Gasteiger partial charge in [0.15, 0.2) is 5.69 Å². The number of aromatic nitrogens is 3. The van der Waals surface area contributed by atoms with Crippen LogP contribution in [0.1, 0.15) is 28.0 Å². The van der Waals surface area contributed by atoms with Crippen molar-refractivity contribution < 1.29 is 19.1 Å². The van der Waals surface area contributed by atoms with E-state index in [4.69, 9.17) is 9.47 Å². The van der Waals surface area contributed by atoms with Crippen molar-refractivity contribution in [2.75, 3.05) is 31.5 Å². The van der Waals surface area contributed by atoms with Crippen LogP contribution in [-0.2, 0) is 33.8 Å². The van der Waals surface area contributed by atoms with E-state index in [0.29, 0.717) is 42.8 Å². The molecule has 0 aliphatic heterocycles. The first-order valence-electron chi connectivity index (χ1n) is 11.7. The normalized spacial score (nSPS) is 10.8. The first-order chi connectivity index (χ1) is 17.6. The molecule has 0 aliphatic rings. The van der Waals surface area contributed by atoms with Crippen molar-refractivity contribution in [3.63, 3.8) is 0 Å². The summed E-state index contributed by atoms with van der Waals surface area (Å²) in [5.74, 6) is -0.765. The summed E-state index contributed by atoms with van der Waals surface area (Å²) < 4.78 is 12.0.